The molecule has 0 saturated heterocycles. The minimum Gasteiger partial charge on any atom is -0.491 e. The Kier molecular flexibility index (Phi) is 3.82. The fraction of sp³-hybridized carbons (Fsp3) is 0.125. The van der Waals surface area contributed by atoms with Crippen molar-refractivity contribution in [2.75, 3.05) is 13.2 Å². The number of carbonyl (C=O) groups is 1. The second-order valence-corrected chi connectivity index (χ2v) is 4.55. The van der Waals surface area contributed by atoms with Crippen LogP contribution in [0.15, 0.2) is 54.7 Å². The number of nitrogens with zero attached hydrogens (tertiary/aromatic N) is 1. The van der Waals surface area contributed by atoms with Gasteiger partial charge in [-0.25, -0.2) is 0 Å². The number of aromatic nitrogens is 2. The average molecular weight is 281 g/mol. The van der Waals surface area contributed by atoms with Crippen molar-refractivity contribution in [2.45, 2.75) is 0 Å². The number of fused-ring (bicyclic) bond motifs is 1. The Balaban J connectivity index is 1.56. The molecule has 2 N–H and O–H groups in total. The van der Waals surface area contributed by atoms with E-state index in [1.54, 1.807) is 12.3 Å². The third-order valence-electron chi connectivity index (χ3n) is 3.14. The van der Waals surface area contributed by atoms with E-state index in [-0.39, 0.29) is 5.91 Å². The van der Waals surface area contributed by atoms with Gasteiger partial charge < -0.3 is 10.1 Å². The number of amides is 1. The van der Waals surface area contributed by atoms with Gasteiger partial charge in [-0.2, -0.15) is 5.10 Å². The van der Waals surface area contributed by atoms with E-state index >= 15 is 0 Å². The largest absolute Gasteiger partial charge is 0.491 e. The van der Waals surface area contributed by atoms with Crippen LogP contribution in [0.2, 0.25) is 0 Å². The Morgan fingerprint density at radius 3 is 2.86 bits per heavy atom. The van der Waals surface area contributed by atoms with E-state index in [2.05, 4.69) is 15.5 Å². The van der Waals surface area contributed by atoms with Crippen molar-refractivity contribution in [3.05, 3.63) is 60.4 Å². The van der Waals surface area contributed by atoms with Crippen LogP contribution in [0, 0.1) is 0 Å². The molecule has 0 atom stereocenters. The minimum atomic E-state index is -0.186. The predicted octanol–water partition coefficient (Wildman–Crippen LogP) is 2.37. The molecule has 0 radical (unpaired) electrons. The predicted molar refractivity (Wildman–Crippen MR) is 80.4 cm³/mol. The first kappa shape index (κ1) is 13.2. The van der Waals surface area contributed by atoms with E-state index in [1.165, 1.54) is 0 Å². The first-order chi connectivity index (χ1) is 10.3. The number of rotatable bonds is 5. The normalized spacial score (nSPS) is 10.5. The summed E-state index contributed by atoms with van der Waals surface area (Å²) in [7, 11) is 0. The van der Waals surface area contributed by atoms with Gasteiger partial charge in [0.1, 0.15) is 18.1 Å². The number of benzene rings is 2. The van der Waals surface area contributed by atoms with Gasteiger partial charge in [0.15, 0.2) is 0 Å². The Bertz CT molecular complexity index is 733. The van der Waals surface area contributed by atoms with Crippen LogP contribution in [-0.2, 0) is 0 Å². The summed E-state index contributed by atoms with van der Waals surface area (Å²) in [5.74, 6) is 0.637. The Morgan fingerprint density at radius 1 is 1.14 bits per heavy atom. The molecular weight excluding hydrogens is 266 g/mol. The van der Waals surface area contributed by atoms with Crippen LogP contribution in [0.4, 0.5) is 0 Å². The molecule has 0 bridgehead atoms. The van der Waals surface area contributed by atoms with Crippen LogP contribution >= 0.6 is 0 Å². The average Bonchev–Trinajstić information content (AvgIpc) is 3.06. The lowest BCUT2D eigenvalue weighted by Crippen LogP contribution is -2.28. The van der Waals surface area contributed by atoms with Gasteiger partial charge in [0, 0.05) is 11.6 Å². The smallest absolute Gasteiger partial charge is 0.269 e. The molecule has 2 aromatic carbocycles. The molecule has 0 aliphatic rings. The van der Waals surface area contributed by atoms with Crippen LogP contribution in [0.5, 0.6) is 5.75 Å². The minimum absolute atomic E-state index is 0.186. The van der Waals surface area contributed by atoms with E-state index < -0.39 is 0 Å². The fourth-order valence-corrected chi connectivity index (χ4v) is 2.12. The lowest BCUT2D eigenvalue weighted by Gasteiger charge is -2.09. The highest BCUT2D eigenvalue weighted by atomic mass is 16.5. The fourth-order valence-electron chi connectivity index (χ4n) is 2.12. The maximum atomic E-state index is 11.7. The highest BCUT2D eigenvalue weighted by Crippen LogP contribution is 2.24. The molecule has 0 spiro atoms. The van der Waals surface area contributed by atoms with E-state index in [0.717, 1.165) is 16.5 Å². The summed E-state index contributed by atoms with van der Waals surface area (Å²) in [4.78, 5) is 11.7. The van der Waals surface area contributed by atoms with Crippen molar-refractivity contribution >= 4 is 16.7 Å². The molecule has 106 valence electrons. The Hall–Kier alpha value is -2.82. The second kappa shape index (κ2) is 6.09. The molecule has 0 saturated carbocycles. The molecule has 1 aromatic heterocycles. The van der Waals surface area contributed by atoms with Gasteiger partial charge in [0.05, 0.1) is 6.54 Å². The molecule has 3 aromatic rings. The van der Waals surface area contributed by atoms with Crippen molar-refractivity contribution in [2.24, 2.45) is 0 Å². The summed E-state index contributed by atoms with van der Waals surface area (Å²) >= 11 is 0. The lowest BCUT2D eigenvalue weighted by molar-refractivity contribution is 0.0942. The van der Waals surface area contributed by atoms with Gasteiger partial charge in [-0.1, -0.05) is 36.4 Å². The molecule has 1 amide bonds. The molecule has 3 rings (SSSR count). The number of hydrogen-bond donors (Lipinski definition) is 2. The zero-order chi connectivity index (χ0) is 14.5. The first-order valence-corrected chi connectivity index (χ1v) is 6.73. The zero-order valence-corrected chi connectivity index (χ0v) is 11.4. The Morgan fingerprint density at radius 2 is 2.00 bits per heavy atom. The standard InChI is InChI=1S/C16H15N3O2/c20-16(14-8-9-18-19-14)17-10-11-21-15-7-3-5-12-4-1-2-6-13(12)15/h1-9H,10-11H2,(H,17,20)(H,18,19). The van der Waals surface area contributed by atoms with Gasteiger partial charge in [-0.05, 0) is 17.5 Å². The number of hydrogen-bond acceptors (Lipinski definition) is 3. The van der Waals surface area contributed by atoms with Gasteiger partial charge in [0.25, 0.3) is 5.91 Å². The summed E-state index contributed by atoms with van der Waals surface area (Å²) in [6.45, 7) is 0.842. The summed E-state index contributed by atoms with van der Waals surface area (Å²) in [6, 6.07) is 15.6. The first-order valence-electron chi connectivity index (χ1n) is 6.73. The van der Waals surface area contributed by atoms with Crippen LogP contribution in [0.25, 0.3) is 10.8 Å². The summed E-state index contributed by atoms with van der Waals surface area (Å²) in [5, 5.41) is 11.3. The van der Waals surface area contributed by atoms with E-state index in [4.69, 9.17) is 4.74 Å². The summed E-state index contributed by atoms with van der Waals surface area (Å²) < 4.78 is 5.75. The monoisotopic (exact) mass is 281 g/mol. The maximum Gasteiger partial charge on any atom is 0.269 e. The lowest BCUT2D eigenvalue weighted by atomic mass is 10.1. The zero-order valence-electron chi connectivity index (χ0n) is 11.4. The summed E-state index contributed by atoms with van der Waals surface area (Å²) in [5.41, 5.74) is 0.445. The highest BCUT2D eigenvalue weighted by Gasteiger charge is 2.06. The third-order valence-corrected chi connectivity index (χ3v) is 3.14. The maximum absolute atomic E-state index is 11.7. The molecule has 0 aliphatic heterocycles. The number of nitrogens with one attached hydrogen (secondary N) is 2. The quantitative estimate of drug-likeness (QED) is 0.706. The van der Waals surface area contributed by atoms with Gasteiger partial charge in [-0.15, -0.1) is 0 Å². The number of carbonyl (C=O) groups excluding carboxylic acids is 1. The van der Waals surface area contributed by atoms with Crippen LogP contribution in [0.1, 0.15) is 10.5 Å². The molecule has 0 fully saturated rings. The Labute approximate surface area is 121 Å². The van der Waals surface area contributed by atoms with Gasteiger partial charge in [0.2, 0.25) is 0 Å². The SMILES string of the molecule is O=C(NCCOc1cccc2ccccc12)c1ccn[nH]1. The van der Waals surface area contributed by atoms with Crippen molar-refractivity contribution in [1.82, 2.24) is 15.5 Å². The van der Waals surface area contributed by atoms with Gasteiger partial charge >= 0.3 is 0 Å². The number of H-pyrrole nitrogens is 1. The third kappa shape index (κ3) is 3.02. The van der Waals surface area contributed by atoms with Crippen LogP contribution in [0.3, 0.4) is 0 Å². The van der Waals surface area contributed by atoms with Crippen molar-refractivity contribution in [1.29, 1.82) is 0 Å². The van der Waals surface area contributed by atoms with Crippen molar-refractivity contribution < 1.29 is 9.53 Å². The van der Waals surface area contributed by atoms with E-state index in [0.29, 0.717) is 18.8 Å². The van der Waals surface area contributed by atoms with E-state index in [1.807, 2.05) is 42.5 Å². The topological polar surface area (TPSA) is 67.0 Å². The molecule has 5 nitrogen and oxygen atoms in total. The molecule has 0 unspecified atom stereocenters. The van der Waals surface area contributed by atoms with Crippen molar-refractivity contribution in [3.63, 3.8) is 0 Å². The van der Waals surface area contributed by atoms with E-state index in [9.17, 15) is 4.79 Å². The van der Waals surface area contributed by atoms with Crippen LogP contribution in [-0.4, -0.2) is 29.3 Å². The molecule has 1 heterocycles. The second-order valence-electron chi connectivity index (χ2n) is 4.55. The van der Waals surface area contributed by atoms with Gasteiger partial charge in [-0.3, -0.25) is 9.89 Å². The van der Waals surface area contributed by atoms with Crippen molar-refractivity contribution in [3.8, 4) is 5.75 Å². The molecular formula is C16H15N3O2. The molecule has 5 heteroatoms. The summed E-state index contributed by atoms with van der Waals surface area (Å²) in [6.07, 6.45) is 1.54. The highest BCUT2D eigenvalue weighted by molar-refractivity contribution is 5.92. The molecule has 21 heavy (non-hydrogen) atoms. The number of ether oxygens (including phenoxy) is 1. The number of aromatic amines is 1. The van der Waals surface area contributed by atoms with Crippen LogP contribution < -0.4 is 10.1 Å². The molecule has 0 aliphatic carbocycles.